The number of hydrogen-bond acceptors (Lipinski definition) is 6. The molecule has 7 heteroatoms. The van der Waals surface area contributed by atoms with Crippen LogP contribution in [-0.4, -0.2) is 25.3 Å². The molecule has 0 atom stereocenters. The Morgan fingerprint density at radius 3 is 2.64 bits per heavy atom. The van der Waals surface area contributed by atoms with Crippen LogP contribution in [0, 0.1) is 0 Å². The van der Waals surface area contributed by atoms with Gasteiger partial charge in [-0.25, -0.2) is 0 Å². The Kier molecular flexibility index (Phi) is 3.95. The van der Waals surface area contributed by atoms with Crippen molar-refractivity contribution >= 4 is 57.0 Å². The van der Waals surface area contributed by atoms with Crippen LogP contribution >= 0.6 is 24.0 Å². The summed E-state index contributed by atoms with van der Waals surface area (Å²) >= 11 is 6.60. The van der Waals surface area contributed by atoms with E-state index in [0.717, 1.165) is 16.6 Å². The van der Waals surface area contributed by atoms with Crippen LogP contribution < -0.4 is 4.90 Å². The molecule has 1 aliphatic rings. The lowest BCUT2D eigenvalue weighted by atomic mass is 10.1. The molecule has 0 aliphatic carbocycles. The van der Waals surface area contributed by atoms with Crippen LogP contribution in [0.2, 0.25) is 0 Å². The van der Waals surface area contributed by atoms with Gasteiger partial charge in [0.05, 0.1) is 21.6 Å². The maximum atomic E-state index is 12.8. The van der Waals surface area contributed by atoms with Crippen LogP contribution in [0.1, 0.15) is 5.56 Å². The summed E-state index contributed by atoms with van der Waals surface area (Å²) in [6.07, 6.45) is 5.05. The monoisotopic (exact) mass is 365 g/mol. The van der Waals surface area contributed by atoms with Crippen molar-refractivity contribution < 1.29 is 9.90 Å². The van der Waals surface area contributed by atoms with Crippen molar-refractivity contribution in [2.45, 2.75) is 0 Å². The fourth-order valence-electron chi connectivity index (χ4n) is 2.56. The first kappa shape index (κ1) is 15.7. The number of benzene rings is 2. The molecule has 1 fully saturated rings. The summed E-state index contributed by atoms with van der Waals surface area (Å²) in [4.78, 5) is 23.4. The number of amides is 1. The van der Waals surface area contributed by atoms with Gasteiger partial charge in [0.25, 0.3) is 5.91 Å². The Bertz CT molecular complexity index is 1030. The number of nitrogens with zero attached hydrogens (tertiary/aromatic N) is 3. The van der Waals surface area contributed by atoms with E-state index in [9.17, 15) is 9.90 Å². The average Bonchev–Trinajstić information content (AvgIpc) is 2.90. The molecule has 1 N–H and O–H groups in total. The average molecular weight is 365 g/mol. The molecule has 25 heavy (non-hydrogen) atoms. The van der Waals surface area contributed by atoms with Crippen LogP contribution in [0.4, 0.5) is 5.69 Å². The zero-order valence-corrected chi connectivity index (χ0v) is 14.4. The normalized spacial score (nSPS) is 16.2. The predicted octanol–water partition coefficient (Wildman–Crippen LogP) is 3.74. The molecule has 122 valence electrons. The minimum atomic E-state index is -0.193. The number of carbonyl (C=O) groups is 1. The Labute approximate surface area is 153 Å². The molecule has 0 radical (unpaired) electrons. The second-order valence-electron chi connectivity index (χ2n) is 5.30. The maximum Gasteiger partial charge on any atom is 0.270 e. The summed E-state index contributed by atoms with van der Waals surface area (Å²) in [6.45, 7) is 0. The molecule has 2 heterocycles. The van der Waals surface area contributed by atoms with E-state index >= 15 is 0 Å². The number of carbonyl (C=O) groups excluding carboxylic acids is 1. The molecular weight excluding hydrogens is 354 g/mol. The number of hydrogen-bond donors (Lipinski definition) is 1. The second kappa shape index (κ2) is 6.27. The first-order valence-corrected chi connectivity index (χ1v) is 8.63. The minimum Gasteiger partial charge on any atom is -0.508 e. The van der Waals surface area contributed by atoms with Gasteiger partial charge in [0.1, 0.15) is 5.75 Å². The zero-order valence-electron chi connectivity index (χ0n) is 12.8. The van der Waals surface area contributed by atoms with Crippen molar-refractivity contribution in [3.05, 3.63) is 65.3 Å². The molecule has 1 aromatic heterocycles. The van der Waals surface area contributed by atoms with Crippen LogP contribution in [-0.2, 0) is 4.79 Å². The first-order valence-electron chi connectivity index (χ1n) is 7.40. The van der Waals surface area contributed by atoms with Gasteiger partial charge in [-0.3, -0.25) is 19.7 Å². The number of para-hydroxylation sites is 1. The standard InChI is InChI=1S/C18H11N3O2S2/c22-13-6-4-12(5-7-13)21-17(23)15(25-18(21)24)10-11-2-1-3-14-16(11)20-9-8-19-14/h1-10,22H. The molecule has 2 aromatic carbocycles. The van der Waals surface area contributed by atoms with Gasteiger partial charge in [-0.2, -0.15) is 0 Å². The van der Waals surface area contributed by atoms with E-state index in [1.54, 1.807) is 30.6 Å². The van der Waals surface area contributed by atoms with E-state index in [1.807, 2.05) is 18.2 Å². The van der Waals surface area contributed by atoms with Crippen molar-refractivity contribution in [2.24, 2.45) is 0 Å². The summed E-state index contributed by atoms with van der Waals surface area (Å²) in [6, 6.07) is 12.0. The van der Waals surface area contributed by atoms with Crippen LogP contribution in [0.5, 0.6) is 5.75 Å². The number of aromatic nitrogens is 2. The third-order valence-electron chi connectivity index (χ3n) is 3.72. The van der Waals surface area contributed by atoms with E-state index < -0.39 is 0 Å². The highest BCUT2D eigenvalue weighted by Crippen LogP contribution is 2.36. The number of anilines is 1. The van der Waals surface area contributed by atoms with E-state index in [4.69, 9.17) is 12.2 Å². The maximum absolute atomic E-state index is 12.8. The smallest absolute Gasteiger partial charge is 0.270 e. The highest BCUT2D eigenvalue weighted by atomic mass is 32.2. The molecule has 0 spiro atoms. The van der Waals surface area contributed by atoms with E-state index in [-0.39, 0.29) is 11.7 Å². The Morgan fingerprint density at radius 1 is 1.08 bits per heavy atom. The molecule has 0 bridgehead atoms. The van der Waals surface area contributed by atoms with Gasteiger partial charge in [-0.05, 0) is 36.4 Å². The van der Waals surface area contributed by atoms with Crippen molar-refractivity contribution in [3.8, 4) is 5.75 Å². The van der Waals surface area contributed by atoms with Gasteiger partial charge in [-0.1, -0.05) is 36.1 Å². The van der Waals surface area contributed by atoms with E-state index in [1.165, 1.54) is 28.8 Å². The number of aromatic hydroxyl groups is 1. The van der Waals surface area contributed by atoms with Gasteiger partial charge in [0.2, 0.25) is 0 Å². The van der Waals surface area contributed by atoms with Crippen molar-refractivity contribution in [2.75, 3.05) is 4.90 Å². The van der Waals surface area contributed by atoms with Crippen molar-refractivity contribution in [1.29, 1.82) is 0 Å². The fourth-order valence-corrected chi connectivity index (χ4v) is 3.85. The molecule has 5 nitrogen and oxygen atoms in total. The summed E-state index contributed by atoms with van der Waals surface area (Å²) in [5.41, 5.74) is 2.95. The SMILES string of the molecule is O=C1C(=Cc2cccc3nccnc23)SC(=S)N1c1ccc(O)cc1. The topological polar surface area (TPSA) is 66.3 Å². The fraction of sp³-hybridized carbons (Fsp3) is 0. The summed E-state index contributed by atoms with van der Waals surface area (Å²) in [5, 5.41) is 9.41. The van der Waals surface area contributed by atoms with E-state index in [2.05, 4.69) is 9.97 Å². The first-order chi connectivity index (χ1) is 12.1. The molecule has 4 rings (SSSR count). The molecule has 1 aliphatic heterocycles. The highest BCUT2D eigenvalue weighted by molar-refractivity contribution is 8.27. The third kappa shape index (κ3) is 2.88. The van der Waals surface area contributed by atoms with E-state index in [0.29, 0.717) is 14.9 Å². The number of rotatable bonds is 2. The van der Waals surface area contributed by atoms with Crippen LogP contribution in [0.25, 0.3) is 17.1 Å². The largest absolute Gasteiger partial charge is 0.508 e. The van der Waals surface area contributed by atoms with Gasteiger partial charge in [0, 0.05) is 18.0 Å². The van der Waals surface area contributed by atoms with Gasteiger partial charge in [0.15, 0.2) is 4.32 Å². The number of thioether (sulfide) groups is 1. The number of thiocarbonyl (C=S) groups is 1. The van der Waals surface area contributed by atoms with Crippen molar-refractivity contribution in [3.63, 3.8) is 0 Å². The van der Waals surface area contributed by atoms with Crippen molar-refractivity contribution in [1.82, 2.24) is 9.97 Å². The lowest BCUT2D eigenvalue weighted by molar-refractivity contribution is -0.113. The van der Waals surface area contributed by atoms with Crippen LogP contribution in [0.3, 0.4) is 0 Å². The molecule has 1 amide bonds. The van der Waals surface area contributed by atoms with Gasteiger partial charge >= 0.3 is 0 Å². The lowest BCUT2D eigenvalue weighted by Gasteiger charge is -2.14. The lowest BCUT2D eigenvalue weighted by Crippen LogP contribution is -2.27. The Morgan fingerprint density at radius 2 is 1.84 bits per heavy atom. The highest BCUT2D eigenvalue weighted by Gasteiger charge is 2.33. The Hall–Kier alpha value is -2.77. The molecule has 3 aromatic rings. The summed E-state index contributed by atoms with van der Waals surface area (Å²) in [7, 11) is 0. The van der Waals surface area contributed by atoms with Crippen LogP contribution in [0.15, 0.2) is 59.8 Å². The zero-order chi connectivity index (χ0) is 17.4. The molecule has 1 saturated heterocycles. The quantitative estimate of drug-likeness (QED) is 0.551. The predicted molar refractivity (Wildman–Crippen MR) is 103 cm³/mol. The minimum absolute atomic E-state index is 0.138. The third-order valence-corrected chi connectivity index (χ3v) is 5.02. The number of phenolic OH excluding ortho intramolecular Hbond substituents is 1. The summed E-state index contributed by atoms with van der Waals surface area (Å²) in [5.74, 6) is -0.0550. The molecular formula is C18H11N3O2S2. The number of phenols is 1. The molecule has 0 unspecified atom stereocenters. The Balaban J connectivity index is 1.74. The van der Waals surface area contributed by atoms with Gasteiger partial charge < -0.3 is 5.11 Å². The summed E-state index contributed by atoms with van der Waals surface area (Å²) < 4.78 is 0.452. The number of fused-ring (bicyclic) bond motifs is 1. The van der Waals surface area contributed by atoms with Gasteiger partial charge in [-0.15, -0.1) is 0 Å². The second-order valence-corrected chi connectivity index (χ2v) is 6.98. The molecule has 0 saturated carbocycles.